The Kier molecular flexibility index (Phi) is 6.51. The molecule has 0 bridgehead atoms. The lowest BCUT2D eigenvalue weighted by atomic mass is 10.2. The molecule has 0 fully saturated rings. The van der Waals surface area contributed by atoms with Crippen LogP contribution in [0.5, 0.6) is 0 Å². The number of nitrogens with zero attached hydrogens (tertiary/aromatic N) is 2. The van der Waals surface area contributed by atoms with Crippen LogP contribution in [0.25, 0.3) is 10.2 Å². The molecule has 0 saturated carbocycles. The van der Waals surface area contributed by atoms with Crippen molar-refractivity contribution in [2.24, 2.45) is 4.40 Å². The van der Waals surface area contributed by atoms with Crippen molar-refractivity contribution in [1.29, 1.82) is 0 Å². The Labute approximate surface area is 173 Å². The fourth-order valence-corrected chi connectivity index (χ4v) is 5.07. The molecule has 0 atom stereocenters. The fraction of sp³-hybridized carbons (Fsp3) is 0.300. The molecule has 9 heteroatoms. The van der Waals surface area contributed by atoms with Crippen molar-refractivity contribution in [1.82, 2.24) is 4.57 Å². The molecule has 7 nitrogen and oxygen atoms in total. The minimum Gasteiger partial charge on any atom is -0.465 e. The number of aryl methyl sites for hydroxylation is 1. The van der Waals surface area contributed by atoms with E-state index in [9.17, 15) is 13.2 Å². The Morgan fingerprint density at radius 2 is 1.90 bits per heavy atom. The van der Waals surface area contributed by atoms with E-state index in [0.717, 1.165) is 15.8 Å². The quantitative estimate of drug-likeness (QED) is 0.421. The van der Waals surface area contributed by atoms with E-state index in [0.29, 0.717) is 30.1 Å². The maximum Gasteiger partial charge on any atom is 0.337 e. The summed E-state index contributed by atoms with van der Waals surface area (Å²) < 4.78 is 42.5. The molecule has 3 rings (SSSR count). The number of methoxy groups -OCH3 is 1. The van der Waals surface area contributed by atoms with Crippen molar-refractivity contribution in [2.75, 3.05) is 20.3 Å². The van der Waals surface area contributed by atoms with Gasteiger partial charge in [0, 0.05) is 13.2 Å². The molecule has 29 heavy (non-hydrogen) atoms. The Morgan fingerprint density at radius 3 is 2.55 bits per heavy atom. The van der Waals surface area contributed by atoms with E-state index in [1.54, 1.807) is 47.0 Å². The van der Waals surface area contributed by atoms with Gasteiger partial charge in [-0.1, -0.05) is 29.0 Å². The number of hydrogen-bond acceptors (Lipinski definition) is 6. The summed E-state index contributed by atoms with van der Waals surface area (Å²) >= 11 is 1.20. The van der Waals surface area contributed by atoms with Gasteiger partial charge in [0.05, 0.1) is 34.4 Å². The zero-order valence-corrected chi connectivity index (χ0v) is 18.0. The maximum absolute atomic E-state index is 12.8. The number of thiazole rings is 1. The zero-order valence-electron chi connectivity index (χ0n) is 16.4. The molecule has 1 aromatic heterocycles. The van der Waals surface area contributed by atoms with Gasteiger partial charge in [0.2, 0.25) is 4.80 Å². The van der Waals surface area contributed by atoms with E-state index in [1.807, 2.05) is 13.8 Å². The molecule has 0 spiro atoms. The number of esters is 1. The number of aromatic nitrogens is 1. The van der Waals surface area contributed by atoms with Crippen LogP contribution in [0.1, 0.15) is 22.8 Å². The van der Waals surface area contributed by atoms with E-state index in [2.05, 4.69) is 4.40 Å². The van der Waals surface area contributed by atoms with Gasteiger partial charge in [-0.2, -0.15) is 8.42 Å². The van der Waals surface area contributed by atoms with Crippen molar-refractivity contribution in [2.45, 2.75) is 25.3 Å². The van der Waals surface area contributed by atoms with Gasteiger partial charge < -0.3 is 14.0 Å². The van der Waals surface area contributed by atoms with Gasteiger partial charge in [-0.3, -0.25) is 0 Å². The molecule has 0 radical (unpaired) electrons. The van der Waals surface area contributed by atoms with Gasteiger partial charge in [-0.05, 0) is 44.2 Å². The number of benzene rings is 2. The average molecular weight is 435 g/mol. The van der Waals surface area contributed by atoms with Crippen LogP contribution >= 0.6 is 11.3 Å². The van der Waals surface area contributed by atoms with E-state index < -0.39 is 16.0 Å². The van der Waals surface area contributed by atoms with Gasteiger partial charge in [0.25, 0.3) is 10.0 Å². The Morgan fingerprint density at radius 1 is 1.17 bits per heavy atom. The number of sulfonamides is 1. The van der Waals surface area contributed by atoms with E-state index in [-0.39, 0.29) is 4.90 Å². The summed E-state index contributed by atoms with van der Waals surface area (Å²) in [5.41, 5.74) is 2.14. The summed E-state index contributed by atoms with van der Waals surface area (Å²) in [7, 11) is -2.56. The smallest absolute Gasteiger partial charge is 0.337 e. The molecular formula is C20H22N2O5S2. The number of rotatable bonds is 7. The highest BCUT2D eigenvalue weighted by atomic mass is 32.2. The number of carbonyl (C=O) groups excluding carboxylic acids is 1. The lowest BCUT2D eigenvalue weighted by Gasteiger charge is -2.06. The Balaban J connectivity index is 2.15. The van der Waals surface area contributed by atoms with Crippen LogP contribution < -0.4 is 4.80 Å². The number of carbonyl (C=O) groups is 1. The van der Waals surface area contributed by atoms with E-state index >= 15 is 0 Å². The summed E-state index contributed by atoms with van der Waals surface area (Å²) in [6, 6.07) is 11.7. The standard InChI is InChI=1S/C20H22N2O5S2/c1-4-27-12-11-22-17-10-7-15(19(23)26-3)13-18(17)28-20(22)21-29(24,25)16-8-5-14(2)6-9-16/h5-10,13H,4,11-12H2,1-3H3/b21-20-. The second-order valence-corrected chi connectivity index (χ2v) is 8.90. The molecule has 0 N–H and O–H groups in total. The van der Waals surface area contributed by atoms with Gasteiger partial charge in [-0.25, -0.2) is 4.79 Å². The lowest BCUT2D eigenvalue weighted by molar-refractivity contribution is 0.0601. The predicted octanol–water partition coefficient (Wildman–Crippen LogP) is 3.12. The van der Waals surface area contributed by atoms with Crippen LogP contribution in [0, 0.1) is 6.92 Å². The van der Waals surface area contributed by atoms with Gasteiger partial charge in [0.15, 0.2) is 0 Å². The third kappa shape index (κ3) is 4.75. The lowest BCUT2D eigenvalue weighted by Crippen LogP contribution is -2.20. The molecule has 154 valence electrons. The number of ether oxygens (including phenoxy) is 2. The van der Waals surface area contributed by atoms with Crippen molar-refractivity contribution in [3.63, 3.8) is 0 Å². The van der Waals surface area contributed by atoms with Crippen LogP contribution in [0.3, 0.4) is 0 Å². The highest BCUT2D eigenvalue weighted by molar-refractivity contribution is 7.90. The van der Waals surface area contributed by atoms with Crippen LogP contribution in [0.2, 0.25) is 0 Å². The first-order valence-electron chi connectivity index (χ1n) is 9.03. The highest BCUT2D eigenvalue weighted by Gasteiger charge is 2.16. The fourth-order valence-electron chi connectivity index (χ4n) is 2.77. The van der Waals surface area contributed by atoms with E-state index in [1.165, 1.54) is 18.4 Å². The SMILES string of the molecule is CCOCCn1/c(=N/S(=O)(=O)c2ccc(C)cc2)sc2cc(C(=O)OC)ccc21. The first-order valence-corrected chi connectivity index (χ1v) is 11.3. The normalized spacial score (nSPS) is 12.4. The first kappa shape index (κ1) is 21.2. The third-order valence-corrected chi connectivity index (χ3v) is 6.72. The van der Waals surface area contributed by atoms with Crippen LogP contribution in [0.4, 0.5) is 0 Å². The number of fused-ring (bicyclic) bond motifs is 1. The molecule has 0 amide bonds. The Hall–Kier alpha value is -2.49. The van der Waals surface area contributed by atoms with Crippen molar-refractivity contribution < 1.29 is 22.7 Å². The summed E-state index contributed by atoms with van der Waals surface area (Å²) in [5, 5.41) is 0. The minimum atomic E-state index is -3.88. The van der Waals surface area contributed by atoms with Crippen molar-refractivity contribution >= 4 is 37.5 Å². The zero-order chi connectivity index (χ0) is 21.0. The van der Waals surface area contributed by atoms with Crippen molar-refractivity contribution in [3.05, 3.63) is 58.4 Å². The first-order chi connectivity index (χ1) is 13.9. The summed E-state index contributed by atoms with van der Waals surface area (Å²) in [5.74, 6) is -0.452. The van der Waals surface area contributed by atoms with Crippen LogP contribution in [-0.2, 0) is 26.0 Å². The summed E-state index contributed by atoms with van der Waals surface area (Å²) in [6.07, 6.45) is 0. The predicted molar refractivity (Wildman–Crippen MR) is 112 cm³/mol. The van der Waals surface area contributed by atoms with Crippen LogP contribution in [-0.4, -0.2) is 39.3 Å². The molecule has 3 aromatic rings. The minimum absolute atomic E-state index is 0.132. The average Bonchev–Trinajstić information content (AvgIpc) is 3.03. The summed E-state index contributed by atoms with van der Waals surface area (Å²) in [6.45, 7) is 5.20. The molecule has 1 heterocycles. The Bertz CT molecular complexity index is 1190. The number of hydrogen-bond donors (Lipinski definition) is 0. The third-order valence-electron chi connectivity index (χ3n) is 4.28. The van der Waals surface area contributed by atoms with Gasteiger partial charge in [0.1, 0.15) is 0 Å². The largest absolute Gasteiger partial charge is 0.465 e. The van der Waals surface area contributed by atoms with Crippen molar-refractivity contribution in [3.8, 4) is 0 Å². The molecule has 0 aliphatic rings. The maximum atomic E-state index is 12.8. The topological polar surface area (TPSA) is 87.0 Å². The summed E-state index contributed by atoms with van der Waals surface area (Å²) in [4.78, 5) is 12.3. The van der Waals surface area contributed by atoms with Gasteiger partial charge >= 0.3 is 5.97 Å². The van der Waals surface area contributed by atoms with Crippen LogP contribution in [0.15, 0.2) is 51.8 Å². The second kappa shape index (κ2) is 8.89. The second-order valence-electron chi connectivity index (χ2n) is 6.29. The molecule has 0 unspecified atom stereocenters. The molecule has 0 saturated heterocycles. The monoisotopic (exact) mass is 434 g/mol. The van der Waals surface area contributed by atoms with Gasteiger partial charge in [-0.15, -0.1) is 4.40 Å². The highest BCUT2D eigenvalue weighted by Crippen LogP contribution is 2.21. The molecular weight excluding hydrogens is 412 g/mol. The molecule has 0 aliphatic heterocycles. The molecule has 0 aliphatic carbocycles. The molecule has 2 aromatic carbocycles. The van der Waals surface area contributed by atoms with E-state index in [4.69, 9.17) is 9.47 Å².